The van der Waals surface area contributed by atoms with Gasteiger partial charge in [0.2, 0.25) is 0 Å². The molecule has 0 amide bonds. The Bertz CT molecular complexity index is 593. The first-order valence-corrected chi connectivity index (χ1v) is 5.36. The van der Waals surface area contributed by atoms with Crippen LogP contribution in [0, 0.1) is 11.3 Å². The van der Waals surface area contributed by atoms with Crippen molar-refractivity contribution < 1.29 is 9.84 Å². The molecule has 0 saturated heterocycles. The summed E-state index contributed by atoms with van der Waals surface area (Å²) in [5.74, 6) is 0.411. The maximum Gasteiger partial charge on any atom is 0.148 e. The van der Waals surface area contributed by atoms with Gasteiger partial charge < -0.3 is 9.84 Å². The van der Waals surface area contributed by atoms with Crippen molar-refractivity contribution in [1.82, 2.24) is 4.98 Å². The van der Waals surface area contributed by atoms with Crippen LogP contribution in [0.5, 0.6) is 5.75 Å². The van der Waals surface area contributed by atoms with Crippen molar-refractivity contribution in [3.8, 4) is 11.8 Å². The van der Waals surface area contributed by atoms with Crippen molar-refractivity contribution in [1.29, 1.82) is 5.26 Å². The summed E-state index contributed by atoms with van der Waals surface area (Å²) in [6, 6.07) is 7.17. The van der Waals surface area contributed by atoms with Gasteiger partial charge in [-0.25, -0.2) is 0 Å². The van der Waals surface area contributed by atoms with Gasteiger partial charge in [-0.15, -0.1) is 0 Å². The summed E-state index contributed by atoms with van der Waals surface area (Å²) < 4.78 is 5.37. The Morgan fingerprint density at radius 2 is 2.29 bits per heavy atom. The van der Waals surface area contributed by atoms with Crippen molar-refractivity contribution in [2.45, 2.75) is 0 Å². The quantitative estimate of drug-likeness (QED) is 0.904. The molecule has 2 rings (SSSR count). The minimum atomic E-state index is -0.116. The molecule has 86 valence electrons. The molecule has 2 aromatic rings. The smallest absolute Gasteiger partial charge is 0.148 e. The van der Waals surface area contributed by atoms with Crippen LogP contribution in [-0.2, 0) is 0 Å². The molecule has 0 aliphatic carbocycles. The van der Waals surface area contributed by atoms with Crippen LogP contribution < -0.4 is 4.74 Å². The van der Waals surface area contributed by atoms with E-state index in [2.05, 4.69) is 4.98 Å². The van der Waals surface area contributed by atoms with Gasteiger partial charge in [0, 0.05) is 16.6 Å². The van der Waals surface area contributed by atoms with Crippen LogP contribution >= 0.6 is 11.6 Å². The topological polar surface area (TPSA) is 66.1 Å². The molecule has 0 radical (unpaired) electrons. The third-order valence-electron chi connectivity index (χ3n) is 2.24. The predicted octanol–water partition coefficient (Wildman–Crippen LogP) is 2.13. The lowest BCUT2D eigenvalue weighted by Crippen LogP contribution is -2.04. The third kappa shape index (κ3) is 2.31. The van der Waals surface area contributed by atoms with Crippen LogP contribution in [0.2, 0.25) is 5.02 Å². The highest BCUT2D eigenvalue weighted by atomic mass is 35.5. The van der Waals surface area contributed by atoms with E-state index in [0.29, 0.717) is 27.2 Å². The summed E-state index contributed by atoms with van der Waals surface area (Å²) in [7, 11) is 0. The summed E-state index contributed by atoms with van der Waals surface area (Å²) in [4.78, 5) is 4.14. The fourth-order valence-corrected chi connectivity index (χ4v) is 1.70. The molecule has 4 nitrogen and oxygen atoms in total. The lowest BCUT2D eigenvalue weighted by Gasteiger charge is -2.09. The molecular formula is C12H9ClN2O2. The normalized spacial score (nSPS) is 10.2. The Balaban J connectivity index is 2.64. The molecule has 0 bridgehead atoms. The maximum atomic E-state index is 8.98. The molecule has 1 aromatic carbocycles. The van der Waals surface area contributed by atoms with E-state index in [-0.39, 0.29) is 13.2 Å². The van der Waals surface area contributed by atoms with E-state index >= 15 is 0 Å². The highest BCUT2D eigenvalue weighted by Gasteiger charge is 2.10. The number of aromatic nitrogens is 1. The van der Waals surface area contributed by atoms with E-state index in [0.717, 1.165) is 0 Å². The Hall–Kier alpha value is -1.83. The van der Waals surface area contributed by atoms with Crippen molar-refractivity contribution in [3.63, 3.8) is 0 Å². The second-order valence-corrected chi connectivity index (χ2v) is 3.78. The Kier molecular flexibility index (Phi) is 3.43. The molecule has 0 saturated carbocycles. The van der Waals surface area contributed by atoms with E-state index in [4.69, 9.17) is 26.7 Å². The fraction of sp³-hybridized carbons (Fsp3) is 0.167. The number of pyridine rings is 1. The zero-order valence-corrected chi connectivity index (χ0v) is 9.61. The monoisotopic (exact) mass is 248 g/mol. The van der Waals surface area contributed by atoms with Crippen LogP contribution in [0.15, 0.2) is 24.4 Å². The second kappa shape index (κ2) is 5.00. The predicted molar refractivity (Wildman–Crippen MR) is 64.0 cm³/mol. The number of halogens is 1. The van der Waals surface area contributed by atoms with E-state index in [1.165, 1.54) is 6.20 Å². The van der Waals surface area contributed by atoms with Gasteiger partial charge in [0.15, 0.2) is 0 Å². The number of hydrogen-bond donors (Lipinski definition) is 1. The third-order valence-corrected chi connectivity index (χ3v) is 2.47. The molecule has 0 atom stereocenters. The van der Waals surface area contributed by atoms with Gasteiger partial charge in [-0.05, 0) is 18.2 Å². The summed E-state index contributed by atoms with van der Waals surface area (Å²) in [5.41, 5.74) is 1.02. The molecule has 0 fully saturated rings. The highest BCUT2D eigenvalue weighted by molar-refractivity contribution is 6.31. The standard InChI is InChI=1S/C12H9ClN2O2/c13-9-1-2-11-10(5-9)12(17-4-3-16)8(6-14)7-15-11/h1-2,5,7,16H,3-4H2. The number of nitriles is 1. The minimum Gasteiger partial charge on any atom is -0.489 e. The van der Waals surface area contributed by atoms with Gasteiger partial charge in [0.05, 0.1) is 12.1 Å². The molecule has 0 unspecified atom stereocenters. The average Bonchev–Trinajstić information content (AvgIpc) is 2.35. The van der Waals surface area contributed by atoms with Crippen LogP contribution in [0.3, 0.4) is 0 Å². The SMILES string of the molecule is N#Cc1cnc2ccc(Cl)cc2c1OCCO. The maximum absolute atomic E-state index is 8.98. The average molecular weight is 249 g/mol. The van der Waals surface area contributed by atoms with Crippen LogP contribution in [0.1, 0.15) is 5.56 Å². The van der Waals surface area contributed by atoms with Crippen molar-refractivity contribution in [2.24, 2.45) is 0 Å². The molecule has 0 spiro atoms. The number of aliphatic hydroxyl groups excluding tert-OH is 1. The number of hydrogen-bond acceptors (Lipinski definition) is 4. The van der Waals surface area contributed by atoms with Crippen LogP contribution in [-0.4, -0.2) is 23.3 Å². The second-order valence-electron chi connectivity index (χ2n) is 3.35. The lowest BCUT2D eigenvalue weighted by atomic mass is 10.1. The van der Waals surface area contributed by atoms with Gasteiger partial charge in [-0.1, -0.05) is 11.6 Å². The largest absolute Gasteiger partial charge is 0.489 e. The van der Waals surface area contributed by atoms with Crippen molar-refractivity contribution >= 4 is 22.5 Å². The minimum absolute atomic E-state index is 0.116. The van der Waals surface area contributed by atoms with Crippen LogP contribution in [0.25, 0.3) is 10.9 Å². The van der Waals surface area contributed by atoms with Crippen LogP contribution in [0.4, 0.5) is 0 Å². The molecule has 0 aliphatic rings. The highest BCUT2D eigenvalue weighted by Crippen LogP contribution is 2.30. The number of benzene rings is 1. The van der Waals surface area contributed by atoms with Gasteiger partial charge in [-0.3, -0.25) is 4.98 Å². The van der Waals surface area contributed by atoms with E-state index in [1.807, 2.05) is 6.07 Å². The summed E-state index contributed by atoms with van der Waals surface area (Å²) in [6.45, 7) is 0.00948. The number of nitrogens with zero attached hydrogens (tertiary/aromatic N) is 2. The van der Waals surface area contributed by atoms with Gasteiger partial charge in [-0.2, -0.15) is 5.26 Å². The Labute approximate surface area is 103 Å². The number of rotatable bonds is 3. The van der Waals surface area contributed by atoms with E-state index < -0.39 is 0 Å². The molecular weight excluding hydrogens is 240 g/mol. The zero-order valence-electron chi connectivity index (χ0n) is 8.85. The van der Waals surface area contributed by atoms with Gasteiger partial charge >= 0.3 is 0 Å². The van der Waals surface area contributed by atoms with E-state index in [9.17, 15) is 0 Å². The lowest BCUT2D eigenvalue weighted by molar-refractivity contribution is 0.202. The van der Waals surface area contributed by atoms with E-state index in [1.54, 1.807) is 18.2 Å². The summed E-state index contributed by atoms with van der Waals surface area (Å²) in [6.07, 6.45) is 1.45. The molecule has 1 N–H and O–H groups in total. The van der Waals surface area contributed by atoms with Gasteiger partial charge in [0.1, 0.15) is 24.0 Å². The first kappa shape index (κ1) is 11.6. The Morgan fingerprint density at radius 1 is 1.47 bits per heavy atom. The zero-order chi connectivity index (χ0) is 12.3. The summed E-state index contributed by atoms with van der Waals surface area (Å²) in [5, 5.41) is 19.0. The number of ether oxygens (including phenoxy) is 1. The molecule has 1 aromatic heterocycles. The summed E-state index contributed by atoms with van der Waals surface area (Å²) >= 11 is 5.90. The molecule has 0 aliphatic heterocycles. The molecule has 17 heavy (non-hydrogen) atoms. The fourth-order valence-electron chi connectivity index (χ4n) is 1.52. The van der Waals surface area contributed by atoms with Crippen molar-refractivity contribution in [2.75, 3.05) is 13.2 Å². The Morgan fingerprint density at radius 3 is 3.00 bits per heavy atom. The number of fused-ring (bicyclic) bond motifs is 1. The first-order valence-electron chi connectivity index (χ1n) is 4.98. The molecule has 1 heterocycles. The first-order chi connectivity index (χ1) is 8.26. The van der Waals surface area contributed by atoms with Gasteiger partial charge in [0.25, 0.3) is 0 Å². The van der Waals surface area contributed by atoms with Crippen molar-refractivity contribution in [3.05, 3.63) is 35.0 Å². The molecule has 5 heteroatoms. The number of aliphatic hydroxyl groups is 1.